The van der Waals surface area contributed by atoms with Gasteiger partial charge in [0, 0.05) is 49.8 Å². The smallest absolute Gasteiger partial charge is 0.322 e. The summed E-state index contributed by atoms with van der Waals surface area (Å²) in [6.07, 6.45) is 3.64. The van der Waals surface area contributed by atoms with Crippen LogP contribution in [0.15, 0.2) is 36.7 Å². The van der Waals surface area contributed by atoms with E-state index in [-0.39, 0.29) is 13.1 Å². The number of carbonyl (C=O) groups is 2. The molecular formula is C18H22N6O4S. The SMILES string of the molecule is CC1(CS(=O)(=O)N2CCN(c3ccc(-c4ccc[nH]4)cn3)CC2)NC(=O)NC1=O. The van der Waals surface area contributed by atoms with Crippen LogP contribution in [0.1, 0.15) is 6.92 Å². The molecule has 4 rings (SSSR count). The van der Waals surface area contributed by atoms with Gasteiger partial charge in [-0.05, 0) is 31.2 Å². The summed E-state index contributed by atoms with van der Waals surface area (Å²) >= 11 is 0. The van der Waals surface area contributed by atoms with Crippen molar-refractivity contribution in [2.45, 2.75) is 12.5 Å². The molecule has 0 radical (unpaired) electrons. The average Bonchev–Trinajstić information content (AvgIpc) is 3.30. The van der Waals surface area contributed by atoms with E-state index in [1.165, 1.54) is 11.2 Å². The fourth-order valence-electron chi connectivity index (χ4n) is 3.58. The third-order valence-corrected chi connectivity index (χ3v) is 7.30. The number of rotatable bonds is 5. The van der Waals surface area contributed by atoms with Crippen LogP contribution in [-0.4, -0.2) is 72.1 Å². The number of imide groups is 1. The van der Waals surface area contributed by atoms with Crippen LogP contribution in [0.25, 0.3) is 11.3 Å². The number of nitrogens with zero attached hydrogens (tertiary/aromatic N) is 3. The largest absolute Gasteiger partial charge is 0.361 e. The number of urea groups is 1. The lowest BCUT2D eigenvalue weighted by Crippen LogP contribution is -2.55. The van der Waals surface area contributed by atoms with Crippen molar-refractivity contribution < 1.29 is 18.0 Å². The Bertz CT molecular complexity index is 1010. The van der Waals surface area contributed by atoms with E-state index in [2.05, 4.69) is 20.6 Å². The maximum atomic E-state index is 12.8. The second-order valence-corrected chi connectivity index (χ2v) is 9.34. The molecule has 0 spiro atoms. The lowest BCUT2D eigenvalue weighted by molar-refractivity contribution is -0.122. The molecule has 2 aliphatic heterocycles. The van der Waals surface area contributed by atoms with Crippen molar-refractivity contribution >= 4 is 27.8 Å². The molecule has 2 aromatic heterocycles. The lowest BCUT2D eigenvalue weighted by Gasteiger charge is -2.35. The quantitative estimate of drug-likeness (QED) is 0.592. The number of aromatic amines is 1. The molecule has 0 bridgehead atoms. The highest BCUT2D eigenvalue weighted by molar-refractivity contribution is 7.89. The summed E-state index contributed by atoms with van der Waals surface area (Å²) in [4.78, 5) is 32.9. The van der Waals surface area contributed by atoms with Crippen LogP contribution < -0.4 is 15.5 Å². The first-order chi connectivity index (χ1) is 13.8. The number of H-pyrrole nitrogens is 1. The molecular weight excluding hydrogens is 396 g/mol. The Morgan fingerprint density at radius 2 is 1.90 bits per heavy atom. The maximum Gasteiger partial charge on any atom is 0.322 e. The topological polar surface area (TPSA) is 128 Å². The van der Waals surface area contributed by atoms with Crippen LogP contribution in [0.5, 0.6) is 0 Å². The highest BCUT2D eigenvalue weighted by Gasteiger charge is 2.46. The van der Waals surface area contributed by atoms with Gasteiger partial charge in [0.25, 0.3) is 5.91 Å². The van der Waals surface area contributed by atoms with E-state index in [0.717, 1.165) is 17.1 Å². The number of aromatic nitrogens is 2. The fourth-order valence-corrected chi connectivity index (χ4v) is 5.41. The second-order valence-electron chi connectivity index (χ2n) is 7.37. The minimum absolute atomic E-state index is 0.286. The van der Waals surface area contributed by atoms with Crippen molar-refractivity contribution in [1.82, 2.24) is 24.9 Å². The first-order valence-corrected chi connectivity index (χ1v) is 10.8. The monoisotopic (exact) mass is 418 g/mol. The molecule has 29 heavy (non-hydrogen) atoms. The molecule has 0 aromatic carbocycles. The Hall–Kier alpha value is -2.92. The number of piperazine rings is 1. The average molecular weight is 418 g/mol. The van der Waals surface area contributed by atoms with E-state index in [1.807, 2.05) is 35.4 Å². The number of carbonyl (C=O) groups excluding carboxylic acids is 2. The van der Waals surface area contributed by atoms with Gasteiger partial charge in [-0.2, -0.15) is 4.31 Å². The van der Waals surface area contributed by atoms with Crippen LogP contribution in [0.3, 0.4) is 0 Å². The van der Waals surface area contributed by atoms with E-state index in [9.17, 15) is 18.0 Å². The van der Waals surface area contributed by atoms with Gasteiger partial charge in [0.1, 0.15) is 11.4 Å². The van der Waals surface area contributed by atoms with E-state index in [1.54, 1.807) is 6.20 Å². The summed E-state index contributed by atoms with van der Waals surface area (Å²) in [5.74, 6) is -0.316. The highest BCUT2D eigenvalue weighted by atomic mass is 32.2. The number of hydrogen-bond donors (Lipinski definition) is 3. The molecule has 4 heterocycles. The number of amides is 3. The van der Waals surface area contributed by atoms with E-state index < -0.39 is 33.3 Å². The molecule has 11 heteroatoms. The number of pyridine rings is 1. The first-order valence-electron chi connectivity index (χ1n) is 9.23. The third-order valence-electron chi connectivity index (χ3n) is 5.20. The Morgan fingerprint density at radius 3 is 2.45 bits per heavy atom. The Morgan fingerprint density at radius 1 is 1.14 bits per heavy atom. The molecule has 0 aliphatic carbocycles. The van der Waals surface area contributed by atoms with Gasteiger partial charge in [0.2, 0.25) is 10.0 Å². The van der Waals surface area contributed by atoms with Gasteiger partial charge in [-0.1, -0.05) is 0 Å². The molecule has 2 fully saturated rings. The van der Waals surface area contributed by atoms with Gasteiger partial charge in [0.05, 0.1) is 5.75 Å². The van der Waals surface area contributed by atoms with Crippen molar-refractivity contribution in [3.05, 3.63) is 36.7 Å². The summed E-state index contributed by atoms with van der Waals surface area (Å²) < 4.78 is 26.9. The van der Waals surface area contributed by atoms with Gasteiger partial charge in [-0.25, -0.2) is 18.2 Å². The normalized spacial score (nSPS) is 23.1. The minimum atomic E-state index is -3.72. The highest BCUT2D eigenvalue weighted by Crippen LogP contribution is 2.22. The van der Waals surface area contributed by atoms with Crippen LogP contribution in [0, 0.1) is 0 Å². The van der Waals surface area contributed by atoms with Crippen LogP contribution in [0.4, 0.5) is 10.6 Å². The zero-order valence-corrected chi connectivity index (χ0v) is 16.7. The van der Waals surface area contributed by atoms with Crippen molar-refractivity contribution in [2.75, 3.05) is 36.8 Å². The number of hydrogen-bond acceptors (Lipinski definition) is 6. The molecule has 1 unspecified atom stereocenters. The molecule has 3 N–H and O–H groups in total. The second kappa shape index (κ2) is 7.16. The first kappa shape index (κ1) is 19.4. The Labute approximate surface area is 168 Å². The van der Waals surface area contributed by atoms with Crippen LogP contribution >= 0.6 is 0 Å². The Kier molecular flexibility index (Phi) is 4.79. The van der Waals surface area contributed by atoms with Gasteiger partial charge in [-0.15, -0.1) is 0 Å². The molecule has 10 nitrogen and oxygen atoms in total. The van der Waals surface area contributed by atoms with Gasteiger partial charge in [0.15, 0.2) is 0 Å². The van der Waals surface area contributed by atoms with E-state index in [4.69, 9.17) is 0 Å². The van der Waals surface area contributed by atoms with Crippen molar-refractivity contribution in [1.29, 1.82) is 0 Å². The van der Waals surface area contributed by atoms with Crippen LogP contribution in [0.2, 0.25) is 0 Å². The predicted octanol–water partition coefficient (Wildman–Crippen LogP) is 0.127. The number of anilines is 1. The standard InChI is InChI=1S/C18H22N6O4S/c1-18(16(25)21-17(26)22-18)12-29(27,28)24-9-7-23(8-10-24)15-5-4-13(11-20-15)14-3-2-6-19-14/h2-6,11,19H,7-10,12H2,1H3,(H2,21,22,25,26). The molecule has 1 atom stereocenters. The fraction of sp³-hybridized carbons (Fsp3) is 0.389. The summed E-state index contributed by atoms with van der Waals surface area (Å²) in [5.41, 5.74) is 0.504. The minimum Gasteiger partial charge on any atom is -0.361 e. The maximum absolute atomic E-state index is 12.8. The molecule has 0 saturated carbocycles. The molecule has 154 valence electrons. The predicted molar refractivity (Wildman–Crippen MR) is 107 cm³/mol. The molecule has 3 amide bonds. The van der Waals surface area contributed by atoms with Crippen LogP contribution in [-0.2, 0) is 14.8 Å². The van der Waals surface area contributed by atoms with Crippen molar-refractivity contribution in [3.63, 3.8) is 0 Å². The molecule has 2 aromatic rings. The zero-order chi connectivity index (χ0) is 20.6. The third kappa shape index (κ3) is 3.83. The molecule has 2 saturated heterocycles. The number of nitrogens with one attached hydrogen (secondary N) is 3. The zero-order valence-electron chi connectivity index (χ0n) is 15.9. The molecule has 2 aliphatic rings. The summed E-state index contributed by atoms with van der Waals surface area (Å²) in [6.45, 7) is 2.96. The van der Waals surface area contributed by atoms with Gasteiger partial charge >= 0.3 is 6.03 Å². The van der Waals surface area contributed by atoms with Gasteiger partial charge < -0.3 is 15.2 Å². The number of sulfonamides is 1. The van der Waals surface area contributed by atoms with Gasteiger partial charge in [-0.3, -0.25) is 10.1 Å². The summed E-state index contributed by atoms with van der Waals surface area (Å²) in [5, 5.41) is 4.48. The lowest BCUT2D eigenvalue weighted by atomic mass is 10.1. The van der Waals surface area contributed by atoms with E-state index in [0.29, 0.717) is 13.1 Å². The summed E-state index contributed by atoms with van der Waals surface area (Å²) in [6, 6.07) is 7.10. The Balaban J connectivity index is 1.39. The van der Waals surface area contributed by atoms with Crippen molar-refractivity contribution in [2.24, 2.45) is 0 Å². The summed E-state index contributed by atoms with van der Waals surface area (Å²) in [7, 11) is -3.72. The van der Waals surface area contributed by atoms with E-state index >= 15 is 0 Å². The van der Waals surface area contributed by atoms with Crippen molar-refractivity contribution in [3.8, 4) is 11.3 Å².